The number of aromatic nitrogens is 3. The first-order chi connectivity index (χ1) is 20.8. The van der Waals surface area contributed by atoms with E-state index in [2.05, 4.69) is 10.1 Å². The largest absolute Gasteiger partial charge is 0.490 e. The van der Waals surface area contributed by atoms with Gasteiger partial charge in [-0.1, -0.05) is 49.4 Å². The Hall–Kier alpha value is -5.21. The number of aliphatic carboxylic acids is 1. The highest BCUT2D eigenvalue weighted by atomic mass is 19.4. The minimum Gasteiger partial charge on any atom is -0.488 e. The van der Waals surface area contributed by atoms with Gasteiger partial charge in [0.15, 0.2) is 11.6 Å². The third kappa shape index (κ3) is 8.20. The normalized spacial score (nSPS) is 11.8. The van der Waals surface area contributed by atoms with Crippen molar-refractivity contribution in [2.45, 2.75) is 31.9 Å². The molecule has 3 aromatic carbocycles. The lowest BCUT2D eigenvalue weighted by Crippen LogP contribution is -2.21. The number of halogens is 5. The second-order valence-corrected chi connectivity index (χ2v) is 9.34. The molecule has 10 nitrogen and oxygen atoms in total. The van der Waals surface area contributed by atoms with Gasteiger partial charge in [0.25, 0.3) is 0 Å². The molecule has 7 N–H and O–H groups in total. The Morgan fingerprint density at radius 3 is 2.32 bits per heavy atom. The standard InChI is InChI=1S/C27H28F2N6O2.C2HF3O2/c1-2-16-13-19(24(29)23(15-16)37-12-11-28)20(14-17-7-9-18(10-8-17)25(31)32)26-33-27(36)35(34-26)22-6-4-3-5-21(22)30;3-2(4,5)1(6)7/h3-10,13,15,20H,2,11-12,14,30H2,1H3,(H3,31,32)(H,33,34,36);(H,6,7). The van der Waals surface area contributed by atoms with Crippen molar-refractivity contribution in [2.24, 2.45) is 5.73 Å². The molecule has 1 aromatic heterocycles. The first kappa shape index (κ1) is 33.3. The van der Waals surface area contributed by atoms with Crippen LogP contribution in [-0.2, 0) is 17.6 Å². The SMILES string of the molecule is CCc1cc(OCCF)c(F)c(C(Cc2ccc(C(=N)N)cc2)c2nn(-c3ccccc3N)c(=O)[nH]2)c1.O=C(O)C(F)(F)F. The Kier molecular flexibility index (Phi) is 10.8. The van der Waals surface area contributed by atoms with Gasteiger partial charge in [-0.2, -0.15) is 17.9 Å². The lowest BCUT2D eigenvalue weighted by atomic mass is 9.89. The molecule has 0 saturated heterocycles. The van der Waals surface area contributed by atoms with Crippen molar-refractivity contribution in [3.63, 3.8) is 0 Å². The van der Waals surface area contributed by atoms with Crippen molar-refractivity contribution in [3.05, 3.63) is 105 Å². The van der Waals surface area contributed by atoms with Gasteiger partial charge in [0.2, 0.25) is 0 Å². The molecule has 0 radical (unpaired) electrons. The van der Waals surface area contributed by atoms with Crippen LogP contribution in [0.2, 0.25) is 0 Å². The number of para-hydroxylation sites is 2. The number of ether oxygens (including phenoxy) is 1. The van der Waals surface area contributed by atoms with Crippen LogP contribution < -0.4 is 21.9 Å². The van der Waals surface area contributed by atoms with Gasteiger partial charge in [0.1, 0.15) is 24.9 Å². The van der Waals surface area contributed by atoms with Gasteiger partial charge >= 0.3 is 17.8 Å². The maximum atomic E-state index is 15.8. The number of anilines is 1. The van der Waals surface area contributed by atoms with Crippen LogP contribution in [0.4, 0.5) is 27.6 Å². The quantitative estimate of drug-likeness (QED) is 0.0752. The summed E-state index contributed by atoms with van der Waals surface area (Å²) in [5.41, 5.74) is 14.3. The number of nitrogens with zero attached hydrogens (tertiary/aromatic N) is 2. The highest BCUT2D eigenvalue weighted by Gasteiger charge is 2.38. The van der Waals surface area contributed by atoms with Crippen molar-refractivity contribution in [1.29, 1.82) is 5.41 Å². The number of aryl methyl sites for hydroxylation is 1. The third-order valence-electron chi connectivity index (χ3n) is 6.32. The number of carboxylic acids is 1. The summed E-state index contributed by atoms with van der Waals surface area (Å²) in [5.74, 6) is -4.02. The molecular weight excluding hydrogens is 591 g/mol. The van der Waals surface area contributed by atoms with Crippen LogP contribution in [0.15, 0.2) is 65.5 Å². The van der Waals surface area contributed by atoms with Crippen LogP contribution in [0.5, 0.6) is 5.75 Å². The van der Waals surface area contributed by atoms with Gasteiger partial charge in [0, 0.05) is 11.1 Å². The summed E-state index contributed by atoms with van der Waals surface area (Å²) in [4.78, 5) is 24.6. The number of nitrogens with one attached hydrogen (secondary N) is 2. The fraction of sp³-hybridized carbons (Fsp3) is 0.241. The number of aromatic amines is 1. The van der Waals surface area contributed by atoms with Crippen LogP contribution in [0.3, 0.4) is 0 Å². The molecule has 234 valence electrons. The number of rotatable bonds is 10. The molecule has 0 amide bonds. The van der Waals surface area contributed by atoms with Crippen LogP contribution in [0.25, 0.3) is 5.69 Å². The molecule has 0 spiro atoms. The predicted molar refractivity (Wildman–Crippen MR) is 153 cm³/mol. The molecular formula is C29H29F5N6O4. The van der Waals surface area contributed by atoms with Gasteiger partial charge in [-0.3, -0.25) is 10.4 Å². The summed E-state index contributed by atoms with van der Waals surface area (Å²) in [6, 6.07) is 17.0. The van der Waals surface area contributed by atoms with E-state index < -0.39 is 36.2 Å². The summed E-state index contributed by atoms with van der Waals surface area (Å²) in [5, 5.41) is 19.2. The van der Waals surface area contributed by atoms with Gasteiger partial charge in [0.05, 0.1) is 17.3 Å². The molecule has 4 rings (SSSR count). The summed E-state index contributed by atoms with van der Waals surface area (Å²) in [6.07, 6.45) is -4.23. The van der Waals surface area contributed by atoms with Crippen LogP contribution in [-0.4, -0.2) is 51.1 Å². The molecule has 1 heterocycles. The lowest BCUT2D eigenvalue weighted by Gasteiger charge is -2.19. The Labute approximate surface area is 247 Å². The molecule has 4 aromatic rings. The highest BCUT2D eigenvalue weighted by Crippen LogP contribution is 2.34. The number of carbonyl (C=O) groups is 1. The van der Waals surface area contributed by atoms with E-state index >= 15 is 4.39 Å². The number of alkyl halides is 4. The fourth-order valence-corrected chi connectivity index (χ4v) is 4.14. The molecule has 1 unspecified atom stereocenters. The van der Waals surface area contributed by atoms with E-state index in [1.165, 1.54) is 0 Å². The smallest absolute Gasteiger partial charge is 0.488 e. The first-order valence-electron chi connectivity index (χ1n) is 13.0. The maximum absolute atomic E-state index is 15.8. The van der Waals surface area contributed by atoms with Crippen molar-refractivity contribution in [1.82, 2.24) is 14.8 Å². The Morgan fingerprint density at radius 2 is 1.77 bits per heavy atom. The molecule has 0 bridgehead atoms. The van der Waals surface area contributed by atoms with E-state index in [0.717, 1.165) is 15.8 Å². The van der Waals surface area contributed by atoms with Crippen molar-refractivity contribution < 1.29 is 36.6 Å². The van der Waals surface area contributed by atoms with Crippen LogP contribution in [0.1, 0.15) is 40.9 Å². The molecule has 15 heteroatoms. The van der Waals surface area contributed by atoms with Gasteiger partial charge in [-0.05, 0) is 42.2 Å². The zero-order valence-electron chi connectivity index (χ0n) is 23.3. The zero-order valence-corrected chi connectivity index (χ0v) is 23.3. The summed E-state index contributed by atoms with van der Waals surface area (Å²) >= 11 is 0. The number of nitrogen functional groups attached to an aromatic ring is 2. The molecule has 0 aliphatic heterocycles. The number of hydrogen-bond donors (Lipinski definition) is 5. The molecule has 0 fully saturated rings. The zero-order chi connectivity index (χ0) is 32.6. The Balaban J connectivity index is 0.000000676. The van der Waals surface area contributed by atoms with Crippen molar-refractivity contribution >= 4 is 17.5 Å². The second kappa shape index (κ2) is 14.3. The topological polar surface area (TPSA) is 173 Å². The summed E-state index contributed by atoms with van der Waals surface area (Å²) < 4.78 is 66.8. The minimum absolute atomic E-state index is 0.0574. The van der Waals surface area contributed by atoms with E-state index in [4.69, 9.17) is 31.5 Å². The second-order valence-electron chi connectivity index (χ2n) is 9.34. The van der Waals surface area contributed by atoms with E-state index in [1.807, 2.05) is 6.92 Å². The number of carboxylic acid groups (broad SMARTS) is 1. The Morgan fingerprint density at radius 1 is 1.14 bits per heavy atom. The molecule has 0 aliphatic rings. The summed E-state index contributed by atoms with van der Waals surface area (Å²) in [7, 11) is 0. The maximum Gasteiger partial charge on any atom is 0.490 e. The molecule has 0 aliphatic carbocycles. The molecule has 0 saturated carbocycles. The number of benzene rings is 3. The summed E-state index contributed by atoms with van der Waals surface area (Å²) in [6.45, 7) is 0.882. The number of hydrogen-bond acceptors (Lipinski definition) is 6. The molecule has 44 heavy (non-hydrogen) atoms. The van der Waals surface area contributed by atoms with E-state index in [-0.39, 0.29) is 36.0 Å². The first-order valence-corrected chi connectivity index (χ1v) is 13.0. The van der Waals surface area contributed by atoms with E-state index in [0.29, 0.717) is 23.4 Å². The number of H-pyrrole nitrogens is 1. The van der Waals surface area contributed by atoms with Crippen LogP contribution in [0, 0.1) is 11.2 Å². The average molecular weight is 621 g/mol. The van der Waals surface area contributed by atoms with E-state index in [1.54, 1.807) is 60.7 Å². The van der Waals surface area contributed by atoms with E-state index in [9.17, 15) is 22.4 Å². The van der Waals surface area contributed by atoms with Crippen molar-refractivity contribution in [2.75, 3.05) is 19.0 Å². The lowest BCUT2D eigenvalue weighted by molar-refractivity contribution is -0.192. The minimum atomic E-state index is -5.08. The number of nitrogens with two attached hydrogens (primary N) is 2. The average Bonchev–Trinajstić information content (AvgIpc) is 3.36. The highest BCUT2D eigenvalue weighted by molar-refractivity contribution is 5.94. The predicted octanol–water partition coefficient (Wildman–Crippen LogP) is 4.48. The number of amidine groups is 1. The van der Waals surface area contributed by atoms with Crippen molar-refractivity contribution in [3.8, 4) is 11.4 Å². The van der Waals surface area contributed by atoms with Gasteiger partial charge in [-0.25, -0.2) is 18.4 Å². The fourth-order valence-electron chi connectivity index (χ4n) is 4.14. The Bertz CT molecular complexity index is 1670. The third-order valence-corrected chi connectivity index (χ3v) is 6.32. The van der Waals surface area contributed by atoms with Gasteiger partial charge in [-0.15, -0.1) is 5.10 Å². The van der Waals surface area contributed by atoms with Crippen LogP contribution >= 0.6 is 0 Å². The monoisotopic (exact) mass is 620 g/mol. The molecule has 1 atom stereocenters. The van der Waals surface area contributed by atoms with Gasteiger partial charge < -0.3 is 21.3 Å².